The number of carbonyl (C=O) groups is 2. The molecule has 0 aromatic heterocycles. The van der Waals surface area contributed by atoms with Crippen molar-refractivity contribution in [2.75, 3.05) is 33.4 Å². The Morgan fingerprint density at radius 3 is 2.52 bits per heavy atom. The Kier molecular flexibility index (Phi) is 7.20. The molecule has 33 heavy (non-hydrogen) atoms. The van der Waals surface area contributed by atoms with Gasteiger partial charge in [0.2, 0.25) is 15.9 Å². The molecule has 0 aliphatic carbocycles. The number of primary sulfonamides is 1. The summed E-state index contributed by atoms with van der Waals surface area (Å²) in [5, 5.41) is 5.19. The molecular formula is C21H24FN3O7S. The number of sulfonamides is 1. The fourth-order valence-electron chi connectivity index (χ4n) is 3.53. The molecule has 10 nitrogen and oxygen atoms in total. The third-order valence-electron chi connectivity index (χ3n) is 5.08. The monoisotopic (exact) mass is 481 g/mol. The molecule has 178 valence electrons. The van der Waals surface area contributed by atoms with Gasteiger partial charge in [-0.05, 0) is 42.5 Å². The summed E-state index contributed by atoms with van der Waals surface area (Å²) < 4.78 is 53.4. The maximum Gasteiger partial charge on any atom is 0.257 e. The van der Waals surface area contributed by atoms with E-state index in [9.17, 15) is 22.4 Å². The Bertz CT molecular complexity index is 1140. The lowest BCUT2D eigenvalue weighted by Gasteiger charge is -2.42. The smallest absolute Gasteiger partial charge is 0.257 e. The second-order valence-corrected chi connectivity index (χ2v) is 9.11. The zero-order chi connectivity index (χ0) is 24.2. The van der Waals surface area contributed by atoms with E-state index in [2.05, 4.69) is 0 Å². The van der Waals surface area contributed by atoms with Gasteiger partial charge in [-0.15, -0.1) is 0 Å². The first-order valence-electron chi connectivity index (χ1n) is 9.84. The van der Waals surface area contributed by atoms with Crippen LogP contribution in [-0.2, 0) is 19.6 Å². The lowest BCUT2D eigenvalue weighted by molar-refractivity contribution is -0.142. The lowest BCUT2D eigenvalue weighted by Crippen LogP contribution is -2.58. The van der Waals surface area contributed by atoms with Crippen molar-refractivity contribution in [3.8, 4) is 11.5 Å². The zero-order valence-electron chi connectivity index (χ0n) is 17.8. The maximum absolute atomic E-state index is 13.3. The number of hydrogen-bond donors (Lipinski definition) is 2. The molecule has 4 N–H and O–H groups in total. The standard InChI is InChI=1S/C21H24FN3O7S/c1-30-18-7-6-16(33(24,28)29)10-17(18)20(27)25-8-9-32-21(12-25,11-19(23)26)13-31-15-4-2-14(22)3-5-15/h2-7,10H,8-9,11-13H2,1H3,(H2,23,26)(H2,24,28,29). The number of rotatable bonds is 8. The summed E-state index contributed by atoms with van der Waals surface area (Å²) in [4.78, 5) is 26.2. The minimum Gasteiger partial charge on any atom is -0.496 e. The van der Waals surface area contributed by atoms with Gasteiger partial charge in [0.15, 0.2) is 0 Å². The highest BCUT2D eigenvalue weighted by atomic mass is 32.2. The summed E-state index contributed by atoms with van der Waals surface area (Å²) in [5.41, 5.74) is 4.13. The molecule has 12 heteroatoms. The number of primary amides is 1. The summed E-state index contributed by atoms with van der Waals surface area (Å²) in [6.07, 6.45) is -0.244. The van der Waals surface area contributed by atoms with Gasteiger partial charge in [-0.1, -0.05) is 0 Å². The number of halogens is 1. The number of amides is 2. The van der Waals surface area contributed by atoms with Crippen LogP contribution in [0.1, 0.15) is 16.8 Å². The van der Waals surface area contributed by atoms with Gasteiger partial charge in [-0.3, -0.25) is 9.59 Å². The number of methoxy groups -OCH3 is 1. The highest BCUT2D eigenvalue weighted by Gasteiger charge is 2.41. The predicted octanol–water partition coefficient (Wildman–Crippen LogP) is 0.647. The quantitative estimate of drug-likeness (QED) is 0.562. The van der Waals surface area contributed by atoms with Crippen molar-refractivity contribution >= 4 is 21.8 Å². The number of hydrogen-bond acceptors (Lipinski definition) is 7. The van der Waals surface area contributed by atoms with Crippen molar-refractivity contribution in [3.63, 3.8) is 0 Å². The van der Waals surface area contributed by atoms with E-state index in [1.165, 1.54) is 48.4 Å². The average Bonchev–Trinajstić information content (AvgIpc) is 2.77. The Hall–Kier alpha value is -3.22. The van der Waals surface area contributed by atoms with Gasteiger partial charge < -0.3 is 24.8 Å². The van der Waals surface area contributed by atoms with E-state index in [1.807, 2.05) is 0 Å². The molecule has 1 unspecified atom stereocenters. The normalized spacial score (nSPS) is 18.6. The van der Waals surface area contributed by atoms with Gasteiger partial charge in [-0.25, -0.2) is 17.9 Å². The molecule has 1 aliphatic heterocycles. The Morgan fingerprint density at radius 1 is 1.21 bits per heavy atom. The van der Waals surface area contributed by atoms with Gasteiger partial charge >= 0.3 is 0 Å². The molecule has 0 spiro atoms. The van der Waals surface area contributed by atoms with Gasteiger partial charge in [-0.2, -0.15) is 0 Å². The number of nitrogens with zero attached hydrogens (tertiary/aromatic N) is 1. The van der Waals surface area contributed by atoms with Crippen LogP contribution in [0.3, 0.4) is 0 Å². The molecule has 2 aromatic carbocycles. The van der Waals surface area contributed by atoms with E-state index in [0.29, 0.717) is 5.75 Å². The number of benzene rings is 2. The second-order valence-electron chi connectivity index (χ2n) is 7.55. The van der Waals surface area contributed by atoms with Crippen LogP contribution in [0.4, 0.5) is 4.39 Å². The number of carbonyl (C=O) groups excluding carboxylic acids is 2. The number of morpholine rings is 1. The molecule has 1 atom stereocenters. The Balaban J connectivity index is 1.87. The summed E-state index contributed by atoms with van der Waals surface area (Å²) in [6, 6.07) is 8.98. The lowest BCUT2D eigenvalue weighted by atomic mass is 9.97. The number of ether oxygens (including phenoxy) is 3. The summed E-state index contributed by atoms with van der Waals surface area (Å²) in [6.45, 7) is 0.0279. The van der Waals surface area contributed by atoms with Crippen LogP contribution in [0.15, 0.2) is 47.4 Å². The average molecular weight is 482 g/mol. The van der Waals surface area contributed by atoms with E-state index in [0.717, 1.165) is 6.07 Å². The van der Waals surface area contributed by atoms with Crippen molar-refractivity contribution < 1.29 is 36.6 Å². The molecular weight excluding hydrogens is 457 g/mol. The van der Waals surface area contributed by atoms with Crippen LogP contribution in [0.2, 0.25) is 0 Å². The van der Waals surface area contributed by atoms with Gasteiger partial charge in [0.1, 0.15) is 29.5 Å². The first-order valence-corrected chi connectivity index (χ1v) is 11.4. The van der Waals surface area contributed by atoms with Crippen molar-refractivity contribution in [1.29, 1.82) is 0 Å². The fourth-order valence-corrected chi connectivity index (χ4v) is 4.07. The highest BCUT2D eigenvalue weighted by molar-refractivity contribution is 7.89. The summed E-state index contributed by atoms with van der Waals surface area (Å²) in [7, 11) is -2.71. The highest BCUT2D eigenvalue weighted by Crippen LogP contribution is 2.28. The van der Waals surface area contributed by atoms with E-state index in [4.69, 9.17) is 25.1 Å². The Morgan fingerprint density at radius 2 is 1.91 bits per heavy atom. The molecule has 3 rings (SSSR count). The van der Waals surface area contributed by atoms with Gasteiger partial charge in [0.25, 0.3) is 5.91 Å². The van der Waals surface area contributed by atoms with Gasteiger partial charge in [0.05, 0.1) is 37.1 Å². The number of nitrogens with two attached hydrogens (primary N) is 2. The van der Waals surface area contributed by atoms with Crippen LogP contribution in [0.5, 0.6) is 11.5 Å². The molecule has 1 aliphatic rings. The largest absolute Gasteiger partial charge is 0.496 e. The van der Waals surface area contributed by atoms with Crippen LogP contribution in [-0.4, -0.2) is 64.1 Å². The molecule has 2 amide bonds. The molecule has 2 aromatic rings. The van der Waals surface area contributed by atoms with E-state index in [-0.39, 0.29) is 48.9 Å². The Labute approximate surface area is 190 Å². The zero-order valence-corrected chi connectivity index (χ0v) is 18.6. The van der Waals surface area contributed by atoms with Crippen LogP contribution in [0, 0.1) is 5.82 Å². The summed E-state index contributed by atoms with van der Waals surface area (Å²) >= 11 is 0. The van der Waals surface area contributed by atoms with Crippen molar-refractivity contribution in [2.45, 2.75) is 16.9 Å². The first-order chi connectivity index (χ1) is 15.5. The third kappa shape index (κ3) is 5.97. The van der Waals surface area contributed by atoms with E-state index < -0.39 is 33.3 Å². The van der Waals surface area contributed by atoms with Crippen LogP contribution < -0.4 is 20.3 Å². The van der Waals surface area contributed by atoms with E-state index in [1.54, 1.807) is 0 Å². The maximum atomic E-state index is 13.3. The van der Waals surface area contributed by atoms with E-state index >= 15 is 0 Å². The van der Waals surface area contributed by atoms with Crippen molar-refractivity contribution in [3.05, 3.63) is 53.8 Å². The van der Waals surface area contributed by atoms with Crippen molar-refractivity contribution in [2.24, 2.45) is 10.9 Å². The molecule has 1 fully saturated rings. The topological polar surface area (TPSA) is 151 Å². The molecule has 1 heterocycles. The van der Waals surface area contributed by atoms with Crippen LogP contribution in [0.25, 0.3) is 0 Å². The minimum atomic E-state index is -4.05. The van der Waals surface area contributed by atoms with Gasteiger partial charge in [0, 0.05) is 6.54 Å². The first kappa shape index (κ1) is 24.4. The van der Waals surface area contributed by atoms with Crippen LogP contribution >= 0.6 is 0 Å². The van der Waals surface area contributed by atoms with Crippen molar-refractivity contribution in [1.82, 2.24) is 4.90 Å². The molecule has 0 saturated carbocycles. The second kappa shape index (κ2) is 9.73. The fraction of sp³-hybridized carbons (Fsp3) is 0.333. The predicted molar refractivity (Wildman–Crippen MR) is 115 cm³/mol. The molecule has 1 saturated heterocycles. The SMILES string of the molecule is COc1ccc(S(N)(=O)=O)cc1C(=O)N1CCOC(COc2ccc(F)cc2)(CC(N)=O)C1. The minimum absolute atomic E-state index is 0.0154. The molecule has 0 bridgehead atoms. The molecule has 0 radical (unpaired) electrons. The summed E-state index contributed by atoms with van der Waals surface area (Å²) in [5.74, 6) is -1.15. The third-order valence-corrected chi connectivity index (χ3v) is 5.99.